The Bertz CT molecular complexity index is 2660. The van der Waals surface area contributed by atoms with Crippen molar-refractivity contribution in [3.63, 3.8) is 0 Å². The molecule has 0 saturated heterocycles. The van der Waals surface area contributed by atoms with E-state index in [1.807, 2.05) is 12.3 Å². The molecule has 0 aliphatic carbocycles. The van der Waals surface area contributed by atoms with E-state index in [0.717, 1.165) is 61.5 Å². The third-order valence-electron chi connectivity index (χ3n) is 12.8. The first-order valence-electron chi connectivity index (χ1n) is 20.0. The summed E-state index contributed by atoms with van der Waals surface area (Å²) >= 11 is 0. The van der Waals surface area contributed by atoms with E-state index in [1.165, 1.54) is 33.4 Å². The smallest absolute Gasteiger partial charge is 0.145 e. The normalized spacial score (nSPS) is 14.8. The second kappa shape index (κ2) is 12.8. The molecule has 1 aliphatic heterocycles. The molecular weight excluding hydrogens is 683 g/mol. The van der Waals surface area contributed by atoms with E-state index in [0.29, 0.717) is 0 Å². The lowest BCUT2D eigenvalue weighted by atomic mass is 9.65. The van der Waals surface area contributed by atoms with Crippen LogP contribution in [0.2, 0.25) is 0 Å². The summed E-state index contributed by atoms with van der Waals surface area (Å²) in [5.41, 5.74) is 16.9. The zero-order valence-corrected chi connectivity index (χ0v) is 35.2. The molecule has 8 rings (SSSR count). The Balaban J connectivity index is 1.43. The van der Waals surface area contributed by atoms with Crippen LogP contribution in [0.15, 0.2) is 109 Å². The minimum absolute atomic E-state index is 0.0810. The highest BCUT2D eigenvalue weighted by Crippen LogP contribution is 2.55. The average Bonchev–Trinajstić information content (AvgIpc) is 3.55. The SMILES string of the molecule is Cc1cccc(C)c1-c1ccc(-c2cc(-c3ccc(-c4ccccc4C(C)(C)C)c4c3nc3n4C(C)(C)C(C)(C)c4cccc(O)c4-3)cc(C(C)(C)C)c2)nc1. The third-order valence-corrected chi connectivity index (χ3v) is 12.8. The maximum Gasteiger partial charge on any atom is 0.145 e. The number of imidazole rings is 1. The molecule has 56 heavy (non-hydrogen) atoms. The molecule has 0 fully saturated rings. The van der Waals surface area contributed by atoms with Gasteiger partial charge >= 0.3 is 0 Å². The Labute approximate surface area is 333 Å². The summed E-state index contributed by atoms with van der Waals surface area (Å²) in [5, 5.41) is 11.6. The summed E-state index contributed by atoms with van der Waals surface area (Å²) in [6.45, 7) is 27.2. The predicted octanol–water partition coefficient (Wildman–Crippen LogP) is 13.7. The van der Waals surface area contributed by atoms with Gasteiger partial charge in [0.15, 0.2) is 0 Å². The van der Waals surface area contributed by atoms with Crippen molar-refractivity contribution >= 4 is 11.0 Å². The molecule has 0 unspecified atom stereocenters. The molecule has 0 radical (unpaired) electrons. The van der Waals surface area contributed by atoms with Gasteiger partial charge in [0.1, 0.15) is 11.6 Å². The lowest BCUT2D eigenvalue weighted by molar-refractivity contribution is 0.201. The van der Waals surface area contributed by atoms with E-state index in [1.54, 1.807) is 6.07 Å². The molecule has 0 atom stereocenters. The number of fused-ring (bicyclic) bond motifs is 5. The standard InChI is InChI=1S/C52H55N3O/c1-31-17-15-18-32(2)44(31)33-23-26-42(53-30-33)35-27-34(28-36(29-35)49(3,4)5)37-24-25-39(38-19-13-14-20-40(38)50(6,7)8)47-46(37)54-48-45-41(21-16-22-43(45)56)51(9,10)52(11,12)55(47)48/h13-30,56H,1-12H3. The van der Waals surface area contributed by atoms with Gasteiger partial charge in [-0.3, -0.25) is 4.98 Å². The molecule has 284 valence electrons. The number of phenolic OH excluding ortho intramolecular Hbond substituents is 1. The number of benzene rings is 5. The van der Waals surface area contributed by atoms with Crippen LogP contribution in [0.3, 0.4) is 0 Å². The highest BCUT2D eigenvalue weighted by Gasteiger charge is 2.48. The van der Waals surface area contributed by atoms with Gasteiger partial charge < -0.3 is 9.67 Å². The number of aromatic hydroxyl groups is 1. The summed E-state index contributed by atoms with van der Waals surface area (Å²) in [7, 11) is 0. The zero-order valence-electron chi connectivity index (χ0n) is 35.2. The van der Waals surface area contributed by atoms with Gasteiger partial charge in [0.05, 0.1) is 27.8 Å². The Morgan fingerprint density at radius 2 is 1.27 bits per heavy atom. The van der Waals surface area contributed by atoms with Crippen molar-refractivity contribution in [2.45, 2.75) is 105 Å². The van der Waals surface area contributed by atoms with Gasteiger partial charge in [-0.15, -0.1) is 0 Å². The molecule has 0 saturated carbocycles. The monoisotopic (exact) mass is 737 g/mol. The van der Waals surface area contributed by atoms with Gasteiger partial charge in [-0.25, -0.2) is 4.98 Å². The van der Waals surface area contributed by atoms with E-state index in [2.05, 4.69) is 179 Å². The molecule has 0 bridgehead atoms. The van der Waals surface area contributed by atoms with Crippen LogP contribution in [0.5, 0.6) is 5.75 Å². The Kier molecular flexibility index (Phi) is 8.54. The fourth-order valence-corrected chi connectivity index (χ4v) is 8.97. The summed E-state index contributed by atoms with van der Waals surface area (Å²) < 4.78 is 2.44. The fourth-order valence-electron chi connectivity index (χ4n) is 8.97. The lowest BCUT2D eigenvalue weighted by Crippen LogP contribution is -2.48. The van der Waals surface area contributed by atoms with Crippen LogP contribution in [0.4, 0.5) is 0 Å². The van der Waals surface area contributed by atoms with Crippen LogP contribution in [0, 0.1) is 13.8 Å². The van der Waals surface area contributed by atoms with Gasteiger partial charge in [-0.1, -0.05) is 134 Å². The van der Waals surface area contributed by atoms with Gasteiger partial charge in [0, 0.05) is 33.9 Å². The number of hydrogen-bond acceptors (Lipinski definition) is 3. The molecule has 5 aromatic carbocycles. The van der Waals surface area contributed by atoms with Crippen LogP contribution in [0.1, 0.15) is 97.1 Å². The molecule has 2 aromatic heterocycles. The van der Waals surface area contributed by atoms with Crippen molar-refractivity contribution in [3.8, 4) is 61.8 Å². The summed E-state index contributed by atoms with van der Waals surface area (Å²) in [4.78, 5) is 10.7. The van der Waals surface area contributed by atoms with Crippen LogP contribution in [-0.4, -0.2) is 19.6 Å². The summed E-state index contributed by atoms with van der Waals surface area (Å²) in [6.07, 6.45) is 2.02. The van der Waals surface area contributed by atoms with Gasteiger partial charge in [0.2, 0.25) is 0 Å². The van der Waals surface area contributed by atoms with Crippen molar-refractivity contribution in [2.75, 3.05) is 0 Å². The van der Waals surface area contributed by atoms with Crippen molar-refractivity contribution in [1.29, 1.82) is 0 Å². The first-order valence-corrected chi connectivity index (χ1v) is 20.0. The molecule has 4 nitrogen and oxygen atoms in total. The number of hydrogen-bond donors (Lipinski definition) is 1. The molecule has 0 spiro atoms. The maximum absolute atomic E-state index is 11.6. The van der Waals surface area contributed by atoms with E-state index in [4.69, 9.17) is 9.97 Å². The Morgan fingerprint density at radius 3 is 1.93 bits per heavy atom. The van der Waals surface area contributed by atoms with Crippen LogP contribution >= 0.6 is 0 Å². The van der Waals surface area contributed by atoms with E-state index >= 15 is 0 Å². The number of aryl methyl sites for hydroxylation is 2. The molecule has 1 aliphatic rings. The molecule has 1 N–H and O–H groups in total. The van der Waals surface area contributed by atoms with Crippen molar-refractivity contribution in [2.24, 2.45) is 0 Å². The quantitative estimate of drug-likeness (QED) is 0.196. The van der Waals surface area contributed by atoms with E-state index in [-0.39, 0.29) is 22.0 Å². The minimum atomic E-state index is -0.401. The molecule has 4 heteroatoms. The average molecular weight is 738 g/mol. The van der Waals surface area contributed by atoms with Crippen molar-refractivity contribution in [1.82, 2.24) is 14.5 Å². The predicted molar refractivity (Wildman–Crippen MR) is 236 cm³/mol. The Morgan fingerprint density at radius 1 is 0.607 bits per heavy atom. The second-order valence-electron chi connectivity index (χ2n) is 19.1. The van der Waals surface area contributed by atoms with E-state index in [9.17, 15) is 5.11 Å². The lowest BCUT2D eigenvalue weighted by Gasteiger charge is -2.48. The van der Waals surface area contributed by atoms with Gasteiger partial charge in [-0.05, 0) is 107 Å². The molecule has 3 heterocycles. The number of aromatic nitrogens is 3. The highest BCUT2D eigenvalue weighted by molar-refractivity contribution is 6.04. The summed E-state index contributed by atoms with van der Waals surface area (Å²) in [6, 6.07) is 37.0. The van der Waals surface area contributed by atoms with Crippen molar-refractivity contribution < 1.29 is 5.11 Å². The van der Waals surface area contributed by atoms with Crippen LogP contribution in [0.25, 0.3) is 67.1 Å². The highest BCUT2D eigenvalue weighted by atomic mass is 16.3. The van der Waals surface area contributed by atoms with Gasteiger partial charge in [-0.2, -0.15) is 0 Å². The number of rotatable bonds is 4. The number of pyridine rings is 1. The topological polar surface area (TPSA) is 50.9 Å². The largest absolute Gasteiger partial charge is 0.507 e. The van der Waals surface area contributed by atoms with Crippen molar-refractivity contribution in [3.05, 3.63) is 137 Å². The summed E-state index contributed by atoms with van der Waals surface area (Å²) in [5.74, 6) is 1.06. The van der Waals surface area contributed by atoms with E-state index < -0.39 is 5.54 Å². The second-order valence-corrected chi connectivity index (χ2v) is 19.1. The number of phenols is 1. The number of nitrogens with zero attached hydrogens (tertiary/aromatic N) is 3. The molecule has 7 aromatic rings. The third kappa shape index (κ3) is 5.79. The first-order chi connectivity index (χ1) is 26.3. The fraction of sp³-hybridized carbons (Fsp3) is 0.308. The zero-order chi connectivity index (χ0) is 40.1. The molecule has 0 amide bonds. The minimum Gasteiger partial charge on any atom is -0.507 e. The molecular formula is C52H55N3O. The van der Waals surface area contributed by atoms with Crippen LogP contribution < -0.4 is 0 Å². The maximum atomic E-state index is 11.6. The Hall–Kier alpha value is -5.48. The van der Waals surface area contributed by atoms with Gasteiger partial charge in [0.25, 0.3) is 0 Å². The first kappa shape index (κ1) is 37.4. The van der Waals surface area contributed by atoms with Crippen LogP contribution in [-0.2, 0) is 21.8 Å².